The van der Waals surface area contributed by atoms with Crippen LogP contribution in [0.4, 0.5) is 0 Å². The largest absolute Gasteiger partial charge is 0.0843 e. The summed E-state index contributed by atoms with van der Waals surface area (Å²) >= 11 is 6.07. The Balaban J connectivity index is 1.40. The topological polar surface area (TPSA) is 0 Å². The lowest BCUT2D eigenvalue weighted by molar-refractivity contribution is 0.00543. The van der Waals surface area contributed by atoms with Crippen LogP contribution in [0.25, 0.3) is 0 Å². The molecule has 0 aromatic heterocycles. The van der Waals surface area contributed by atoms with Gasteiger partial charge in [-0.15, -0.1) is 0 Å². The predicted molar refractivity (Wildman–Crippen MR) is 103 cm³/mol. The average molecular weight is 345 g/mol. The van der Waals surface area contributed by atoms with E-state index in [1.807, 2.05) is 0 Å². The van der Waals surface area contributed by atoms with Gasteiger partial charge in [0, 0.05) is 5.02 Å². The summed E-state index contributed by atoms with van der Waals surface area (Å²) in [5.41, 5.74) is 1.53. The normalized spacial score (nSPS) is 39.1. The van der Waals surface area contributed by atoms with Crippen LogP contribution >= 0.6 is 11.6 Å². The van der Waals surface area contributed by atoms with Gasteiger partial charge in [-0.1, -0.05) is 49.9 Å². The number of halogens is 1. The van der Waals surface area contributed by atoms with Crippen LogP contribution in [-0.4, -0.2) is 0 Å². The van der Waals surface area contributed by atoms with Crippen molar-refractivity contribution in [3.05, 3.63) is 34.9 Å². The molecular weight excluding hydrogens is 312 g/mol. The van der Waals surface area contributed by atoms with Gasteiger partial charge in [0.25, 0.3) is 0 Å². The summed E-state index contributed by atoms with van der Waals surface area (Å²) in [5, 5.41) is 0.872. The second-order valence-electron chi connectivity index (χ2n) is 8.95. The molecule has 0 aliphatic heterocycles. The third kappa shape index (κ3) is 3.41. The molecule has 0 heterocycles. The summed E-state index contributed by atoms with van der Waals surface area (Å²) in [4.78, 5) is 0. The minimum atomic E-state index is 0.788. The van der Waals surface area contributed by atoms with E-state index in [4.69, 9.17) is 11.6 Å². The van der Waals surface area contributed by atoms with Crippen LogP contribution in [0.2, 0.25) is 5.02 Å². The first kappa shape index (κ1) is 17.0. The van der Waals surface area contributed by atoms with Crippen LogP contribution in [0.5, 0.6) is 0 Å². The fraction of sp³-hybridized carbons (Fsp3) is 0.739. The number of hydrogen-bond acceptors (Lipinski definition) is 0. The Hall–Kier alpha value is -0.490. The smallest absolute Gasteiger partial charge is 0.0406 e. The Morgan fingerprint density at radius 3 is 2.21 bits per heavy atom. The lowest BCUT2D eigenvalue weighted by Crippen LogP contribution is -2.41. The Bertz CT molecular complexity index is 533. The summed E-state index contributed by atoms with van der Waals surface area (Å²) in [6.45, 7) is 2.36. The van der Waals surface area contributed by atoms with Crippen molar-refractivity contribution >= 4 is 11.6 Å². The van der Waals surface area contributed by atoms with Gasteiger partial charge in [-0.25, -0.2) is 0 Å². The van der Waals surface area contributed by atoms with E-state index in [0.717, 1.165) is 40.5 Å². The highest BCUT2D eigenvalue weighted by molar-refractivity contribution is 6.30. The zero-order chi connectivity index (χ0) is 16.5. The summed E-state index contributed by atoms with van der Waals surface area (Å²) in [5.74, 6) is 6.04. The molecule has 3 aliphatic rings. The van der Waals surface area contributed by atoms with Crippen LogP contribution in [0.1, 0.15) is 82.6 Å². The molecule has 0 bridgehead atoms. The van der Waals surface area contributed by atoms with Gasteiger partial charge in [0.2, 0.25) is 0 Å². The fourth-order valence-corrected chi connectivity index (χ4v) is 6.73. The second kappa shape index (κ2) is 7.40. The molecule has 3 aliphatic carbocycles. The van der Waals surface area contributed by atoms with Gasteiger partial charge < -0.3 is 0 Å². The van der Waals surface area contributed by atoms with Crippen molar-refractivity contribution in [2.24, 2.45) is 29.6 Å². The van der Waals surface area contributed by atoms with Gasteiger partial charge in [-0.05, 0) is 98.1 Å². The molecule has 0 nitrogen and oxygen atoms in total. The zero-order valence-electron chi connectivity index (χ0n) is 15.2. The minimum absolute atomic E-state index is 0.788. The number of fused-ring (bicyclic) bond motifs is 3. The first-order valence-electron chi connectivity index (χ1n) is 10.5. The summed E-state index contributed by atoms with van der Waals surface area (Å²) in [6.07, 6.45) is 14.9. The third-order valence-electron chi connectivity index (χ3n) is 7.69. The summed E-state index contributed by atoms with van der Waals surface area (Å²) in [6, 6.07) is 8.70. The van der Waals surface area contributed by atoms with Crippen molar-refractivity contribution < 1.29 is 0 Å². The lowest BCUT2D eigenvalue weighted by atomic mass is 9.55. The third-order valence-corrected chi connectivity index (χ3v) is 7.94. The van der Waals surface area contributed by atoms with Gasteiger partial charge >= 0.3 is 0 Å². The first-order valence-corrected chi connectivity index (χ1v) is 10.9. The van der Waals surface area contributed by atoms with Crippen LogP contribution in [0.15, 0.2) is 24.3 Å². The number of benzene rings is 1. The van der Waals surface area contributed by atoms with Crippen LogP contribution in [-0.2, 0) is 0 Å². The molecule has 0 N–H and O–H groups in total. The molecule has 1 aromatic carbocycles. The molecule has 0 spiro atoms. The van der Waals surface area contributed by atoms with E-state index in [2.05, 4.69) is 31.2 Å². The summed E-state index contributed by atoms with van der Waals surface area (Å²) in [7, 11) is 0. The highest BCUT2D eigenvalue weighted by Crippen LogP contribution is 2.55. The van der Waals surface area contributed by atoms with Crippen molar-refractivity contribution in [3.63, 3.8) is 0 Å². The molecule has 0 amide bonds. The van der Waals surface area contributed by atoms with Gasteiger partial charge in [0.05, 0.1) is 0 Å². The maximum absolute atomic E-state index is 6.07. The number of rotatable bonds is 3. The molecule has 1 heteroatoms. The quantitative estimate of drug-likeness (QED) is 0.533. The van der Waals surface area contributed by atoms with E-state index in [0.29, 0.717) is 0 Å². The fourth-order valence-electron chi connectivity index (χ4n) is 6.60. The minimum Gasteiger partial charge on any atom is -0.0843 e. The van der Waals surface area contributed by atoms with Crippen LogP contribution in [0.3, 0.4) is 0 Å². The Morgan fingerprint density at radius 2 is 1.50 bits per heavy atom. The Kier molecular flexibility index (Phi) is 5.23. The van der Waals surface area contributed by atoms with Crippen LogP contribution in [0, 0.1) is 29.6 Å². The second-order valence-corrected chi connectivity index (χ2v) is 9.39. The van der Waals surface area contributed by atoms with Gasteiger partial charge in [-0.3, -0.25) is 0 Å². The van der Waals surface area contributed by atoms with Crippen molar-refractivity contribution in [3.8, 4) is 0 Å². The molecule has 24 heavy (non-hydrogen) atoms. The molecule has 1 aromatic rings. The summed E-state index contributed by atoms with van der Waals surface area (Å²) < 4.78 is 0. The highest BCUT2D eigenvalue weighted by Gasteiger charge is 2.44. The van der Waals surface area contributed by atoms with Crippen molar-refractivity contribution in [1.29, 1.82) is 0 Å². The Morgan fingerprint density at radius 1 is 0.833 bits per heavy atom. The van der Waals surface area contributed by atoms with Crippen molar-refractivity contribution in [1.82, 2.24) is 0 Å². The molecule has 4 rings (SSSR count). The Labute approximate surface area is 153 Å². The molecule has 3 fully saturated rings. The standard InChI is InChI=1S/C23H33Cl/c1-2-3-16-4-12-22-19(14-16)5-6-20-15-18(9-13-23(20)22)17-7-10-21(24)11-8-17/h7-8,10-11,16,18-20,22-23H,2-6,9,12-15H2,1H3. The molecule has 6 unspecified atom stereocenters. The van der Waals surface area contributed by atoms with Crippen molar-refractivity contribution in [2.45, 2.75) is 77.0 Å². The van der Waals surface area contributed by atoms with Crippen molar-refractivity contribution in [2.75, 3.05) is 0 Å². The van der Waals surface area contributed by atoms with E-state index >= 15 is 0 Å². The predicted octanol–water partition coefficient (Wildman–Crippen LogP) is 7.47. The highest BCUT2D eigenvalue weighted by atomic mass is 35.5. The van der Waals surface area contributed by atoms with E-state index in [-0.39, 0.29) is 0 Å². The maximum Gasteiger partial charge on any atom is 0.0406 e. The molecule has 6 atom stereocenters. The molecule has 132 valence electrons. The van der Waals surface area contributed by atoms with E-state index in [1.165, 1.54) is 56.9 Å². The average Bonchev–Trinajstić information content (AvgIpc) is 2.62. The van der Waals surface area contributed by atoms with Gasteiger partial charge in [-0.2, -0.15) is 0 Å². The molecule has 3 saturated carbocycles. The lowest BCUT2D eigenvalue weighted by Gasteiger charge is -2.51. The number of hydrogen-bond donors (Lipinski definition) is 0. The SMILES string of the molecule is CCCC1CCC2C(CCC3CC(c4ccc(Cl)cc4)CCC32)C1. The molecule has 0 radical (unpaired) electrons. The van der Waals surface area contributed by atoms with Gasteiger partial charge in [0.15, 0.2) is 0 Å². The zero-order valence-corrected chi connectivity index (χ0v) is 16.0. The van der Waals surface area contributed by atoms with E-state index < -0.39 is 0 Å². The molecular formula is C23H33Cl. The van der Waals surface area contributed by atoms with E-state index in [1.54, 1.807) is 12.8 Å². The monoisotopic (exact) mass is 344 g/mol. The molecule has 0 saturated heterocycles. The first-order chi connectivity index (χ1) is 11.7. The van der Waals surface area contributed by atoms with Gasteiger partial charge in [0.1, 0.15) is 0 Å². The maximum atomic E-state index is 6.07. The van der Waals surface area contributed by atoms with E-state index in [9.17, 15) is 0 Å². The van der Waals surface area contributed by atoms with Crippen LogP contribution < -0.4 is 0 Å².